The van der Waals surface area contributed by atoms with Gasteiger partial charge in [0.15, 0.2) is 0 Å². The second-order valence-corrected chi connectivity index (χ2v) is 3.33. The molecule has 0 radical (unpaired) electrons. The molecule has 0 aliphatic heterocycles. The second-order valence-electron chi connectivity index (χ2n) is 2.93. The number of nitrogens with one attached hydrogen (secondary N) is 1. The topological polar surface area (TPSA) is 24.9 Å². The van der Waals surface area contributed by atoms with E-state index in [1.807, 2.05) is 12.1 Å². The van der Waals surface area contributed by atoms with Gasteiger partial charge in [0.1, 0.15) is 0 Å². The summed E-state index contributed by atoms with van der Waals surface area (Å²) in [6.07, 6.45) is 6.14. The predicted octanol–water partition coefficient (Wildman–Crippen LogP) is 3.11. The third-order valence-electron chi connectivity index (χ3n) is 1.69. The summed E-state index contributed by atoms with van der Waals surface area (Å²) in [7, 11) is 0. The Morgan fingerprint density at radius 1 is 1.77 bits per heavy atom. The Labute approximate surface area is 83.6 Å². The summed E-state index contributed by atoms with van der Waals surface area (Å²) >= 11 is 5.92. The van der Waals surface area contributed by atoms with Crippen molar-refractivity contribution in [2.75, 3.05) is 5.32 Å². The molecule has 0 spiro atoms. The summed E-state index contributed by atoms with van der Waals surface area (Å²) in [5.41, 5.74) is 0.922. The Hall–Kier alpha value is -1.02. The number of rotatable bonds is 4. The Morgan fingerprint density at radius 3 is 3.15 bits per heavy atom. The van der Waals surface area contributed by atoms with Gasteiger partial charge >= 0.3 is 0 Å². The van der Waals surface area contributed by atoms with E-state index < -0.39 is 0 Å². The fourth-order valence-corrected chi connectivity index (χ4v) is 1.24. The van der Waals surface area contributed by atoms with Gasteiger partial charge in [-0.15, -0.1) is 6.58 Å². The molecule has 1 N–H and O–H groups in total. The van der Waals surface area contributed by atoms with Crippen LogP contribution in [0.3, 0.4) is 0 Å². The molecule has 1 aromatic rings. The Bertz CT molecular complexity index is 286. The average Bonchev–Trinajstić information content (AvgIpc) is 2.09. The minimum absolute atomic E-state index is 0.345. The predicted molar refractivity (Wildman–Crippen MR) is 57.1 cm³/mol. The third kappa shape index (κ3) is 3.07. The summed E-state index contributed by atoms with van der Waals surface area (Å²) in [4.78, 5) is 3.91. The third-order valence-corrected chi connectivity index (χ3v) is 2.00. The fraction of sp³-hybridized carbons (Fsp3) is 0.300. The van der Waals surface area contributed by atoms with E-state index in [0.717, 1.165) is 12.1 Å². The van der Waals surface area contributed by atoms with Crippen molar-refractivity contribution in [3.63, 3.8) is 0 Å². The van der Waals surface area contributed by atoms with Gasteiger partial charge in [-0.25, -0.2) is 0 Å². The monoisotopic (exact) mass is 196 g/mol. The van der Waals surface area contributed by atoms with Crippen LogP contribution in [0.1, 0.15) is 13.3 Å². The van der Waals surface area contributed by atoms with E-state index in [4.69, 9.17) is 11.6 Å². The van der Waals surface area contributed by atoms with Crippen LogP contribution in [0.5, 0.6) is 0 Å². The molecular weight excluding hydrogens is 184 g/mol. The maximum atomic E-state index is 5.92. The van der Waals surface area contributed by atoms with E-state index in [9.17, 15) is 0 Å². The average molecular weight is 197 g/mol. The summed E-state index contributed by atoms with van der Waals surface area (Å²) in [5, 5.41) is 3.92. The van der Waals surface area contributed by atoms with Crippen LogP contribution < -0.4 is 5.32 Å². The maximum absolute atomic E-state index is 5.92. The van der Waals surface area contributed by atoms with E-state index in [2.05, 4.69) is 23.8 Å². The molecule has 13 heavy (non-hydrogen) atoms. The number of aromatic nitrogens is 1. The molecule has 0 amide bonds. The molecule has 2 nitrogen and oxygen atoms in total. The molecule has 0 saturated heterocycles. The van der Waals surface area contributed by atoms with Crippen molar-refractivity contribution in [3.05, 3.63) is 36.1 Å². The highest BCUT2D eigenvalue weighted by Crippen LogP contribution is 2.20. The standard InChI is InChI=1S/C10H13ClN2/c1-3-4-8(2)13-10-5-6-12-7-9(10)11/h3,5-8H,1,4H2,2H3,(H,12,13). The first-order chi connectivity index (χ1) is 6.24. The number of anilines is 1. The van der Waals surface area contributed by atoms with Crippen LogP contribution in [0.25, 0.3) is 0 Å². The van der Waals surface area contributed by atoms with Crippen LogP contribution in [0.4, 0.5) is 5.69 Å². The zero-order valence-electron chi connectivity index (χ0n) is 7.63. The molecule has 1 unspecified atom stereocenters. The molecule has 0 fully saturated rings. The number of pyridine rings is 1. The van der Waals surface area contributed by atoms with E-state index in [0.29, 0.717) is 11.1 Å². The first-order valence-electron chi connectivity index (χ1n) is 4.21. The summed E-state index contributed by atoms with van der Waals surface area (Å²) < 4.78 is 0. The smallest absolute Gasteiger partial charge is 0.0820 e. The van der Waals surface area contributed by atoms with Crippen molar-refractivity contribution < 1.29 is 0 Å². The number of hydrogen-bond acceptors (Lipinski definition) is 2. The van der Waals surface area contributed by atoms with Crippen LogP contribution >= 0.6 is 11.6 Å². The quantitative estimate of drug-likeness (QED) is 0.749. The Morgan fingerprint density at radius 2 is 2.54 bits per heavy atom. The maximum Gasteiger partial charge on any atom is 0.0820 e. The van der Waals surface area contributed by atoms with Gasteiger partial charge in [0.2, 0.25) is 0 Å². The highest BCUT2D eigenvalue weighted by Gasteiger charge is 2.02. The molecule has 70 valence electrons. The first kappa shape index (κ1) is 10.1. The molecule has 0 aliphatic carbocycles. The molecule has 0 bridgehead atoms. The Balaban J connectivity index is 2.63. The van der Waals surface area contributed by atoms with Gasteiger partial charge in [-0.05, 0) is 19.4 Å². The van der Waals surface area contributed by atoms with E-state index in [1.165, 1.54) is 0 Å². The minimum Gasteiger partial charge on any atom is -0.381 e. The Kier molecular flexibility index (Phi) is 3.77. The number of halogens is 1. The number of hydrogen-bond donors (Lipinski definition) is 1. The highest BCUT2D eigenvalue weighted by molar-refractivity contribution is 6.33. The largest absolute Gasteiger partial charge is 0.381 e. The van der Waals surface area contributed by atoms with Gasteiger partial charge in [-0.2, -0.15) is 0 Å². The highest BCUT2D eigenvalue weighted by atomic mass is 35.5. The lowest BCUT2D eigenvalue weighted by Crippen LogP contribution is -2.13. The first-order valence-corrected chi connectivity index (χ1v) is 4.58. The molecule has 1 aromatic heterocycles. The van der Waals surface area contributed by atoms with Gasteiger partial charge in [0.05, 0.1) is 10.7 Å². The zero-order valence-corrected chi connectivity index (χ0v) is 8.38. The number of nitrogens with zero attached hydrogens (tertiary/aromatic N) is 1. The van der Waals surface area contributed by atoms with Crippen LogP contribution in [0.15, 0.2) is 31.1 Å². The fourth-order valence-electron chi connectivity index (χ4n) is 1.07. The van der Waals surface area contributed by atoms with Crippen molar-refractivity contribution in [3.8, 4) is 0 Å². The molecule has 0 aliphatic rings. The molecule has 1 atom stereocenters. The normalized spacial score (nSPS) is 12.2. The van der Waals surface area contributed by atoms with Crippen molar-refractivity contribution in [1.82, 2.24) is 4.98 Å². The molecule has 1 rings (SSSR count). The van der Waals surface area contributed by atoms with Crippen LogP contribution in [-0.4, -0.2) is 11.0 Å². The molecule has 0 aromatic carbocycles. The van der Waals surface area contributed by atoms with Gasteiger partial charge < -0.3 is 5.32 Å². The SMILES string of the molecule is C=CCC(C)Nc1ccncc1Cl. The lowest BCUT2D eigenvalue weighted by atomic mass is 10.2. The van der Waals surface area contributed by atoms with Crippen molar-refractivity contribution in [1.29, 1.82) is 0 Å². The van der Waals surface area contributed by atoms with Crippen LogP contribution in [0, 0.1) is 0 Å². The van der Waals surface area contributed by atoms with Gasteiger partial charge in [0.25, 0.3) is 0 Å². The molecule has 1 heterocycles. The summed E-state index contributed by atoms with van der Waals surface area (Å²) in [6, 6.07) is 2.21. The van der Waals surface area contributed by atoms with Crippen molar-refractivity contribution in [2.45, 2.75) is 19.4 Å². The minimum atomic E-state index is 0.345. The molecule has 3 heteroatoms. The van der Waals surface area contributed by atoms with Crippen molar-refractivity contribution in [2.24, 2.45) is 0 Å². The van der Waals surface area contributed by atoms with Crippen molar-refractivity contribution >= 4 is 17.3 Å². The molecule has 0 saturated carbocycles. The van der Waals surface area contributed by atoms with Crippen LogP contribution in [0.2, 0.25) is 5.02 Å². The van der Waals surface area contributed by atoms with E-state index in [-0.39, 0.29) is 0 Å². The molecular formula is C10H13ClN2. The van der Waals surface area contributed by atoms with E-state index >= 15 is 0 Å². The zero-order chi connectivity index (χ0) is 9.68. The second kappa shape index (κ2) is 4.87. The van der Waals surface area contributed by atoms with E-state index in [1.54, 1.807) is 12.4 Å². The lowest BCUT2D eigenvalue weighted by molar-refractivity contribution is 0.814. The van der Waals surface area contributed by atoms with Gasteiger partial charge in [0, 0.05) is 18.4 Å². The van der Waals surface area contributed by atoms with Crippen LogP contribution in [-0.2, 0) is 0 Å². The lowest BCUT2D eigenvalue weighted by Gasteiger charge is -2.13. The summed E-state index contributed by atoms with van der Waals surface area (Å²) in [6.45, 7) is 5.76. The van der Waals surface area contributed by atoms with Gasteiger partial charge in [-0.1, -0.05) is 17.7 Å². The van der Waals surface area contributed by atoms with Gasteiger partial charge in [-0.3, -0.25) is 4.98 Å². The summed E-state index contributed by atoms with van der Waals surface area (Å²) in [5.74, 6) is 0.